The molecule has 106 valence electrons. The number of nitrogens with zero attached hydrogens (tertiary/aromatic N) is 1. The molecule has 1 unspecified atom stereocenters. The SMILES string of the molecule is CCCS(=O)(=O)c1ccccc1N1CCC(C)(O)C1. The van der Waals surface area contributed by atoms with E-state index in [0.717, 1.165) is 0 Å². The van der Waals surface area contributed by atoms with Crippen LogP contribution in [0.5, 0.6) is 0 Å². The molecule has 1 aromatic carbocycles. The summed E-state index contributed by atoms with van der Waals surface area (Å²) in [5.74, 6) is 0.161. The van der Waals surface area contributed by atoms with Crippen molar-refractivity contribution < 1.29 is 13.5 Å². The lowest BCUT2D eigenvalue weighted by atomic mass is 10.1. The second-order valence-electron chi connectivity index (χ2n) is 5.46. The highest BCUT2D eigenvalue weighted by Crippen LogP contribution is 2.32. The Labute approximate surface area is 115 Å². The maximum absolute atomic E-state index is 12.3. The van der Waals surface area contributed by atoms with Crippen LogP contribution in [0.15, 0.2) is 29.2 Å². The molecule has 0 spiro atoms. The van der Waals surface area contributed by atoms with Crippen LogP contribution in [-0.4, -0.2) is 38.0 Å². The summed E-state index contributed by atoms with van der Waals surface area (Å²) in [6.07, 6.45) is 1.27. The van der Waals surface area contributed by atoms with Gasteiger partial charge >= 0.3 is 0 Å². The smallest absolute Gasteiger partial charge is 0.180 e. The predicted molar refractivity (Wildman–Crippen MR) is 76.2 cm³/mol. The van der Waals surface area contributed by atoms with Gasteiger partial charge in [-0.2, -0.15) is 0 Å². The number of hydrogen-bond acceptors (Lipinski definition) is 4. The molecule has 1 saturated heterocycles. The zero-order valence-electron chi connectivity index (χ0n) is 11.5. The van der Waals surface area contributed by atoms with Crippen molar-refractivity contribution in [3.05, 3.63) is 24.3 Å². The molecule has 0 bridgehead atoms. The van der Waals surface area contributed by atoms with Gasteiger partial charge in [-0.05, 0) is 31.9 Å². The van der Waals surface area contributed by atoms with Crippen LogP contribution in [0, 0.1) is 0 Å². The molecule has 5 heteroatoms. The molecule has 19 heavy (non-hydrogen) atoms. The third-order valence-electron chi connectivity index (χ3n) is 3.47. The first-order valence-electron chi connectivity index (χ1n) is 6.65. The van der Waals surface area contributed by atoms with Gasteiger partial charge in [-0.1, -0.05) is 19.1 Å². The summed E-state index contributed by atoms with van der Waals surface area (Å²) in [7, 11) is -3.24. The summed E-state index contributed by atoms with van der Waals surface area (Å²) in [6.45, 7) is 4.81. The van der Waals surface area contributed by atoms with Crippen molar-refractivity contribution in [3.63, 3.8) is 0 Å². The van der Waals surface area contributed by atoms with E-state index in [-0.39, 0.29) is 5.75 Å². The highest BCUT2D eigenvalue weighted by Gasteiger charge is 2.33. The Hall–Kier alpha value is -1.07. The molecule has 1 aromatic rings. The number of aliphatic hydroxyl groups is 1. The summed E-state index contributed by atoms with van der Waals surface area (Å²) in [4.78, 5) is 2.34. The highest BCUT2D eigenvalue weighted by molar-refractivity contribution is 7.91. The molecular weight excluding hydrogens is 262 g/mol. The molecule has 0 saturated carbocycles. The van der Waals surface area contributed by atoms with Crippen LogP contribution in [0.4, 0.5) is 5.69 Å². The summed E-state index contributed by atoms with van der Waals surface area (Å²) in [5.41, 5.74) is -0.0181. The Morgan fingerprint density at radius 2 is 2.05 bits per heavy atom. The van der Waals surface area contributed by atoms with Crippen molar-refractivity contribution in [2.75, 3.05) is 23.7 Å². The average Bonchev–Trinajstić information content (AvgIpc) is 2.70. The van der Waals surface area contributed by atoms with E-state index in [1.807, 2.05) is 24.0 Å². The number of hydrogen-bond donors (Lipinski definition) is 1. The molecule has 1 atom stereocenters. The Morgan fingerprint density at radius 3 is 2.63 bits per heavy atom. The predicted octanol–water partition coefficient (Wildman–Crippen LogP) is 1.83. The van der Waals surface area contributed by atoms with Gasteiger partial charge in [-0.25, -0.2) is 8.42 Å². The first kappa shape index (κ1) is 14.3. The van der Waals surface area contributed by atoms with Gasteiger partial charge in [0.25, 0.3) is 0 Å². The lowest BCUT2D eigenvalue weighted by molar-refractivity contribution is 0.0839. The molecule has 1 aliphatic rings. The van der Waals surface area contributed by atoms with Gasteiger partial charge in [-0.15, -0.1) is 0 Å². The quantitative estimate of drug-likeness (QED) is 0.916. The summed E-state index contributed by atoms with van der Waals surface area (Å²) in [6, 6.07) is 7.07. The van der Waals surface area contributed by atoms with Gasteiger partial charge in [0.15, 0.2) is 9.84 Å². The lowest BCUT2D eigenvalue weighted by Crippen LogP contribution is -2.30. The molecule has 1 fully saturated rings. The van der Waals surface area contributed by atoms with Crippen molar-refractivity contribution in [1.29, 1.82) is 0 Å². The maximum Gasteiger partial charge on any atom is 0.180 e. The van der Waals surface area contributed by atoms with Crippen LogP contribution in [0.2, 0.25) is 0 Å². The molecule has 1 heterocycles. The third-order valence-corrected chi connectivity index (χ3v) is 5.43. The van der Waals surface area contributed by atoms with Gasteiger partial charge in [0.2, 0.25) is 0 Å². The Balaban J connectivity index is 2.38. The van der Waals surface area contributed by atoms with E-state index in [4.69, 9.17) is 0 Å². The second kappa shape index (κ2) is 5.13. The van der Waals surface area contributed by atoms with E-state index >= 15 is 0 Å². The standard InChI is InChI=1S/C14H21NO3S/c1-3-10-19(17,18)13-7-5-4-6-12(13)15-9-8-14(2,16)11-15/h4-7,16H,3,8-11H2,1-2H3. The molecule has 0 aliphatic carbocycles. The van der Waals surface area contributed by atoms with E-state index < -0.39 is 15.4 Å². The highest BCUT2D eigenvalue weighted by atomic mass is 32.2. The molecule has 0 radical (unpaired) electrons. The van der Waals surface area contributed by atoms with Gasteiger partial charge in [0.05, 0.1) is 21.9 Å². The van der Waals surface area contributed by atoms with E-state index in [1.165, 1.54) is 0 Å². The molecule has 0 aromatic heterocycles. The minimum absolute atomic E-state index is 0.161. The third kappa shape index (κ3) is 3.09. The van der Waals surface area contributed by atoms with Crippen molar-refractivity contribution in [2.24, 2.45) is 0 Å². The van der Waals surface area contributed by atoms with Crippen LogP contribution in [0.1, 0.15) is 26.7 Å². The van der Waals surface area contributed by atoms with Crippen LogP contribution in [-0.2, 0) is 9.84 Å². The van der Waals surface area contributed by atoms with Crippen LogP contribution in [0.25, 0.3) is 0 Å². The first-order chi connectivity index (χ1) is 8.86. The largest absolute Gasteiger partial charge is 0.388 e. The number of para-hydroxylation sites is 1. The fourth-order valence-corrected chi connectivity index (χ4v) is 4.07. The first-order valence-corrected chi connectivity index (χ1v) is 8.30. The van der Waals surface area contributed by atoms with Gasteiger partial charge < -0.3 is 10.0 Å². The molecule has 1 aliphatic heterocycles. The Bertz CT molecular complexity index is 552. The Kier molecular flexibility index (Phi) is 3.87. The summed E-state index contributed by atoms with van der Waals surface area (Å²) >= 11 is 0. The van der Waals surface area contributed by atoms with Gasteiger partial charge in [-0.3, -0.25) is 0 Å². The topological polar surface area (TPSA) is 57.6 Å². The average molecular weight is 283 g/mol. The second-order valence-corrected chi connectivity index (χ2v) is 7.53. The maximum atomic E-state index is 12.3. The minimum Gasteiger partial charge on any atom is -0.388 e. The number of sulfone groups is 1. The molecule has 4 nitrogen and oxygen atoms in total. The van der Waals surface area contributed by atoms with Gasteiger partial charge in [0, 0.05) is 13.1 Å². The van der Waals surface area contributed by atoms with Crippen LogP contribution in [0.3, 0.4) is 0 Å². The minimum atomic E-state index is -3.24. The number of rotatable bonds is 4. The van der Waals surface area contributed by atoms with Crippen LogP contribution < -0.4 is 4.90 Å². The van der Waals surface area contributed by atoms with Crippen molar-refractivity contribution >= 4 is 15.5 Å². The lowest BCUT2D eigenvalue weighted by Gasteiger charge is -2.23. The fraction of sp³-hybridized carbons (Fsp3) is 0.571. The van der Waals surface area contributed by atoms with E-state index in [2.05, 4.69) is 0 Å². The molecule has 0 amide bonds. The van der Waals surface area contributed by atoms with E-state index in [9.17, 15) is 13.5 Å². The summed E-state index contributed by atoms with van der Waals surface area (Å²) in [5, 5.41) is 10.0. The monoisotopic (exact) mass is 283 g/mol. The Morgan fingerprint density at radius 1 is 1.37 bits per heavy atom. The van der Waals surface area contributed by atoms with Crippen molar-refractivity contribution in [2.45, 2.75) is 37.2 Å². The fourth-order valence-electron chi connectivity index (χ4n) is 2.51. The zero-order valence-corrected chi connectivity index (χ0v) is 12.3. The summed E-state index contributed by atoms with van der Waals surface area (Å²) < 4.78 is 24.6. The van der Waals surface area contributed by atoms with Gasteiger partial charge in [0.1, 0.15) is 0 Å². The van der Waals surface area contributed by atoms with E-state index in [1.54, 1.807) is 19.1 Å². The normalized spacial score (nSPS) is 23.8. The number of β-amino-alcohol motifs (C(OH)–C–C–N with tert-alkyl or cyclic N) is 1. The van der Waals surface area contributed by atoms with Crippen molar-refractivity contribution in [3.8, 4) is 0 Å². The number of benzene rings is 1. The molecular formula is C14H21NO3S. The molecule has 1 N–H and O–H groups in total. The van der Waals surface area contributed by atoms with Crippen LogP contribution >= 0.6 is 0 Å². The molecule has 2 rings (SSSR count). The zero-order chi connectivity index (χ0) is 14.1. The number of anilines is 1. The van der Waals surface area contributed by atoms with E-state index in [0.29, 0.717) is 36.5 Å². The van der Waals surface area contributed by atoms with Crippen molar-refractivity contribution in [1.82, 2.24) is 0 Å².